The van der Waals surface area contributed by atoms with Crippen LogP contribution in [0.3, 0.4) is 0 Å². The Balaban J connectivity index is 1.59. The third-order valence-electron chi connectivity index (χ3n) is 5.23. The average molecular weight is 351 g/mol. The zero-order chi connectivity index (χ0) is 18.5. The number of pyridine rings is 1. The van der Waals surface area contributed by atoms with E-state index in [-0.39, 0.29) is 11.8 Å². The molecule has 138 valence electrons. The Labute approximate surface area is 156 Å². The fourth-order valence-corrected chi connectivity index (χ4v) is 3.88. The second-order valence-corrected chi connectivity index (χ2v) is 7.62. The highest BCUT2D eigenvalue weighted by molar-refractivity contribution is 5.91. The van der Waals surface area contributed by atoms with Crippen molar-refractivity contribution in [2.24, 2.45) is 11.8 Å². The predicted octanol–water partition coefficient (Wildman–Crippen LogP) is 4.44. The molecule has 0 aliphatic carbocycles. The van der Waals surface area contributed by atoms with Gasteiger partial charge in [0.25, 0.3) is 0 Å². The van der Waals surface area contributed by atoms with Gasteiger partial charge >= 0.3 is 0 Å². The predicted molar refractivity (Wildman–Crippen MR) is 106 cm³/mol. The van der Waals surface area contributed by atoms with Gasteiger partial charge in [-0.1, -0.05) is 50.2 Å². The lowest BCUT2D eigenvalue weighted by molar-refractivity contribution is -0.121. The van der Waals surface area contributed by atoms with Crippen LogP contribution in [-0.4, -0.2) is 28.9 Å². The van der Waals surface area contributed by atoms with Crippen LogP contribution in [-0.2, 0) is 4.79 Å². The van der Waals surface area contributed by atoms with Gasteiger partial charge in [-0.3, -0.25) is 9.69 Å². The molecule has 2 heterocycles. The summed E-state index contributed by atoms with van der Waals surface area (Å²) in [6, 6.07) is 15.0. The van der Waals surface area contributed by atoms with Gasteiger partial charge in [0.15, 0.2) is 0 Å². The molecule has 1 saturated heterocycles. The van der Waals surface area contributed by atoms with Crippen molar-refractivity contribution in [1.82, 2.24) is 9.88 Å². The van der Waals surface area contributed by atoms with E-state index in [0.29, 0.717) is 17.8 Å². The number of nitrogens with one attached hydrogen (secondary N) is 1. The Morgan fingerprint density at radius 1 is 1.12 bits per heavy atom. The molecule has 1 aromatic carbocycles. The van der Waals surface area contributed by atoms with Gasteiger partial charge < -0.3 is 5.32 Å². The summed E-state index contributed by atoms with van der Waals surface area (Å²) in [7, 11) is 0. The molecule has 1 fully saturated rings. The highest BCUT2D eigenvalue weighted by Crippen LogP contribution is 2.32. The standard InChI is InChI=1S/C22H29N3O/c1-16(2)21(18-7-5-4-6-8-18)25-13-11-19(12-14-25)22(26)24-20-10-9-17(3)15-23-20/h4-10,15-16,19,21H,11-14H2,1-3H3,(H,23,24,26)/t21-/m1/s1. The number of rotatable bonds is 5. The number of amides is 1. The number of aromatic nitrogens is 1. The van der Waals surface area contributed by atoms with E-state index >= 15 is 0 Å². The summed E-state index contributed by atoms with van der Waals surface area (Å²) in [4.78, 5) is 19.4. The SMILES string of the molecule is Cc1ccc(NC(=O)C2CCN([C@@H](c3ccccc3)C(C)C)CC2)nc1. The molecule has 4 nitrogen and oxygen atoms in total. The molecule has 1 aliphatic heterocycles. The van der Waals surface area contributed by atoms with E-state index in [1.807, 2.05) is 19.1 Å². The number of benzene rings is 1. The zero-order valence-corrected chi connectivity index (χ0v) is 16.0. The van der Waals surface area contributed by atoms with Crippen LogP contribution in [0.2, 0.25) is 0 Å². The van der Waals surface area contributed by atoms with Crippen LogP contribution in [0.15, 0.2) is 48.7 Å². The van der Waals surface area contributed by atoms with Crippen LogP contribution in [0.25, 0.3) is 0 Å². The van der Waals surface area contributed by atoms with E-state index in [1.165, 1.54) is 5.56 Å². The first-order chi connectivity index (χ1) is 12.5. The van der Waals surface area contributed by atoms with Gasteiger partial charge in [0, 0.05) is 18.2 Å². The summed E-state index contributed by atoms with van der Waals surface area (Å²) in [5, 5.41) is 2.97. The summed E-state index contributed by atoms with van der Waals surface area (Å²) < 4.78 is 0. The molecule has 26 heavy (non-hydrogen) atoms. The highest BCUT2D eigenvalue weighted by Gasteiger charge is 2.30. The van der Waals surface area contributed by atoms with E-state index in [0.717, 1.165) is 31.5 Å². The van der Waals surface area contributed by atoms with E-state index in [9.17, 15) is 4.79 Å². The number of carbonyl (C=O) groups excluding carboxylic acids is 1. The van der Waals surface area contributed by atoms with Gasteiger partial charge in [-0.25, -0.2) is 4.98 Å². The maximum absolute atomic E-state index is 12.6. The number of hydrogen-bond donors (Lipinski definition) is 1. The van der Waals surface area contributed by atoms with Crippen molar-refractivity contribution in [1.29, 1.82) is 0 Å². The number of piperidine rings is 1. The topological polar surface area (TPSA) is 45.2 Å². The molecule has 2 aromatic rings. The molecule has 0 bridgehead atoms. The molecule has 0 unspecified atom stereocenters. The Kier molecular flexibility index (Phi) is 6.04. The molecule has 1 amide bonds. The molecule has 0 saturated carbocycles. The summed E-state index contributed by atoms with van der Waals surface area (Å²) >= 11 is 0. The Hall–Kier alpha value is -2.20. The number of likely N-dealkylation sites (tertiary alicyclic amines) is 1. The third-order valence-corrected chi connectivity index (χ3v) is 5.23. The lowest BCUT2D eigenvalue weighted by Gasteiger charge is -2.39. The molecule has 4 heteroatoms. The van der Waals surface area contributed by atoms with Gasteiger partial charge in [0.1, 0.15) is 5.82 Å². The third kappa shape index (κ3) is 4.50. The Morgan fingerprint density at radius 2 is 1.81 bits per heavy atom. The quantitative estimate of drug-likeness (QED) is 0.866. The van der Waals surface area contributed by atoms with E-state index in [2.05, 4.69) is 59.4 Å². The van der Waals surface area contributed by atoms with Crippen LogP contribution < -0.4 is 5.32 Å². The van der Waals surface area contributed by atoms with Crippen molar-refractivity contribution >= 4 is 11.7 Å². The molecular formula is C22H29N3O. The van der Waals surface area contributed by atoms with E-state index in [4.69, 9.17) is 0 Å². The Bertz CT molecular complexity index is 704. The maximum Gasteiger partial charge on any atom is 0.228 e. The molecule has 1 aromatic heterocycles. The smallest absolute Gasteiger partial charge is 0.228 e. The second kappa shape index (κ2) is 8.45. The monoisotopic (exact) mass is 351 g/mol. The summed E-state index contributed by atoms with van der Waals surface area (Å²) in [5.41, 5.74) is 2.46. The van der Waals surface area contributed by atoms with Crippen molar-refractivity contribution in [3.8, 4) is 0 Å². The largest absolute Gasteiger partial charge is 0.310 e. The fourth-order valence-electron chi connectivity index (χ4n) is 3.88. The lowest BCUT2D eigenvalue weighted by Crippen LogP contribution is -2.41. The van der Waals surface area contributed by atoms with Gasteiger partial charge in [-0.05, 0) is 56.0 Å². The molecule has 0 radical (unpaired) electrons. The van der Waals surface area contributed by atoms with Crippen LogP contribution >= 0.6 is 0 Å². The second-order valence-electron chi connectivity index (χ2n) is 7.62. The Morgan fingerprint density at radius 3 is 2.38 bits per heavy atom. The van der Waals surface area contributed by atoms with E-state index in [1.54, 1.807) is 6.20 Å². The average Bonchev–Trinajstić information content (AvgIpc) is 2.65. The maximum atomic E-state index is 12.6. The van der Waals surface area contributed by atoms with Crippen LogP contribution in [0.4, 0.5) is 5.82 Å². The minimum absolute atomic E-state index is 0.0675. The van der Waals surface area contributed by atoms with Crippen molar-refractivity contribution < 1.29 is 4.79 Å². The first kappa shape index (κ1) is 18.6. The van der Waals surface area contributed by atoms with Crippen molar-refractivity contribution in [2.75, 3.05) is 18.4 Å². The fraction of sp³-hybridized carbons (Fsp3) is 0.455. The van der Waals surface area contributed by atoms with Crippen LogP contribution in [0, 0.1) is 18.8 Å². The molecule has 1 N–H and O–H groups in total. The van der Waals surface area contributed by atoms with Gasteiger partial charge in [0.2, 0.25) is 5.91 Å². The van der Waals surface area contributed by atoms with Crippen molar-refractivity contribution in [3.63, 3.8) is 0 Å². The molecule has 0 spiro atoms. The zero-order valence-electron chi connectivity index (χ0n) is 16.0. The minimum Gasteiger partial charge on any atom is -0.310 e. The van der Waals surface area contributed by atoms with Crippen molar-refractivity contribution in [3.05, 3.63) is 59.8 Å². The first-order valence-electron chi connectivity index (χ1n) is 9.57. The summed E-state index contributed by atoms with van der Waals surface area (Å²) in [6.45, 7) is 8.46. The lowest BCUT2D eigenvalue weighted by atomic mass is 9.89. The first-order valence-corrected chi connectivity index (χ1v) is 9.57. The number of anilines is 1. The van der Waals surface area contributed by atoms with E-state index < -0.39 is 0 Å². The van der Waals surface area contributed by atoms with Crippen molar-refractivity contribution in [2.45, 2.75) is 39.7 Å². The molecule has 1 aliphatic rings. The summed E-state index contributed by atoms with van der Waals surface area (Å²) in [6.07, 6.45) is 3.58. The van der Waals surface area contributed by atoms with Gasteiger partial charge in [-0.2, -0.15) is 0 Å². The van der Waals surface area contributed by atoms with Gasteiger partial charge in [0.05, 0.1) is 0 Å². The molecular weight excluding hydrogens is 322 g/mol. The number of aryl methyl sites for hydroxylation is 1. The van der Waals surface area contributed by atoms with Crippen LogP contribution in [0.5, 0.6) is 0 Å². The number of hydrogen-bond acceptors (Lipinski definition) is 3. The molecule has 1 atom stereocenters. The minimum atomic E-state index is 0.0675. The molecule has 3 rings (SSSR count). The number of nitrogens with zero attached hydrogens (tertiary/aromatic N) is 2. The van der Waals surface area contributed by atoms with Gasteiger partial charge in [-0.15, -0.1) is 0 Å². The normalized spacial score (nSPS) is 17.2. The van der Waals surface area contributed by atoms with Crippen LogP contribution in [0.1, 0.15) is 43.9 Å². The summed E-state index contributed by atoms with van der Waals surface area (Å²) in [5.74, 6) is 1.35. The number of carbonyl (C=O) groups is 1. The highest BCUT2D eigenvalue weighted by atomic mass is 16.1.